The molecule has 1 aromatic rings. The van der Waals surface area contributed by atoms with E-state index in [1.807, 2.05) is 6.07 Å². The molecule has 0 unspecified atom stereocenters. The second-order valence-corrected chi connectivity index (χ2v) is 5.61. The Kier molecular flexibility index (Phi) is 5.70. The number of carbonyl (C=O) groups excluding carboxylic acids is 1. The van der Waals surface area contributed by atoms with E-state index in [1.54, 1.807) is 12.3 Å². The lowest BCUT2D eigenvalue weighted by Gasteiger charge is -2.36. The van der Waals surface area contributed by atoms with E-state index in [1.165, 1.54) is 33.0 Å². The molecule has 0 N–H and O–H groups in total. The third-order valence-corrected chi connectivity index (χ3v) is 4.28. The molecule has 0 atom stereocenters. The van der Waals surface area contributed by atoms with Gasteiger partial charge in [0.2, 0.25) is 0 Å². The van der Waals surface area contributed by atoms with Gasteiger partial charge in [-0.05, 0) is 51.7 Å². The number of rotatable bonds is 5. The van der Waals surface area contributed by atoms with Crippen molar-refractivity contribution in [1.82, 2.24) is 14.8 Å². The van der Waals surface area contributed by atoms with Crippen LogP contribution in [0, 0.1) is 0 Å². The third-order valence-electron chi connectivity index (χ3n) is 4.28. The van der Waals surface area contributed by atoms with Gasteiger partial charge in [-0.25, -0.2) is 4.79 Å². The van der Waals surface area contributed by atoms with Crippen LogP contribution in [-0.4, -0.2) is 60.6 Å². The van der Waals surface area contributed by atoms with Crippen molar-refractivity contribution >= 4 is 5.97 Å². The van der Waals surface area contributed by atoms with Gasteiger partial charge in [-0.2, -0.15) is 0 Å². The number of methoxy groups -OCH3 is 1. The Morgan fingerprint density at radius 2 is 2.14 bits per heavy atom. The quantitative estimate of drug-likeness (QED) is 0.774. The van der Waals surface area contributed by atoms with E-state index in [4.69, 9.17) is 0 Å². The van der Waals surface area contributed by atoms with Gasteiger partial charge < -0.3 is 9.64 Å². The normalized spacial score (nSPS) is 17.1. The van der Waals surface area contributed by atoms with Crippen LogP contribution in [-0.2, 0) is 11.3 Å². The SMILES string of the molecule is CCN1CCC(N(C)Cc2ccc(C(=O)OC)cn2)CC1. The highest BCUT2D eigenvalue weighted by molar-refractivity contribution is 5.88. The highest BCUT2D eigenvalue weighted by Crippen LogP contribution is 2.17. The minimum atomic E-state index is -0.339. The van der Waals surface area contributed by atoms with Crippen LogP contribution in [0.25, 0.3) is 0 Å². The number of carbonyl (C=O) groups is 1. The zero-order chi connectivity index (χ0) is 15.2. The maximum Gasteiger partial charge on any atom is 0.339 e. The second-order valence-electron chi connectivity index (χ2n) is 5.61. The van der Waals surface area contributed by atoms with Crippen LogP contribution in [0.15, 0.2) is 18.3 Å². The number of likely N-dealkylation sites (tertiary alicyclic amines) is 1. The Balaban J connectivity index is 1.88. The number of ether oxygens (including phenoxy) is 1. The van der Waals surface area contributed by atoms with E-state index in [0.717, 1.165) is 18.8 Å². The molecule has 0 saturated carbocycles. The fourth-order valence-corrected chi connectivity index (χ4v) is 2.82. The first-order valence-electron chi connectivity index (χ1n) is 7.60. The summed E-state index contributed by atoms with van der Waals surface area (Å²) in [6.45, 7) is 6.54. The standard InChI is InChI=1S/C16H25N3O2/c1-4-19-9-7-15(8-10-19)18(2)12-14-6-5-13(11-17-14)16(20)21-3/h5-6,11,15H,4,7-10,12H2,1-3H3. The number of nitrogens with zero attached hydrogens (tertiary/aromatic N) is 3. The number of hydrogen-bond acceptors (Lipinski definition) is 5. The van der Waals surface area contributed by atoms with Gasteiger partial charge in [0.15, 0.2) is 0 Å². The fourth-order valence-electron chi connectivity index (χ4n) is 2.82. The first kappa shape index (κ1) is 15.9. The molecule has 0 aliphatic carbocycles. The van der Waals surface area contributed by atoms with Gasteiger partial charge in [-0.1, -0.05) is 6.92 Å². The van der Waals surface area contributed by atoms with Crippen molar-refractivity contribution in [3.8, 4) is 0 Å². The van der Waals surface area contributed by atoms with Crippen molar-refractivity contribution in [2.75, 3.05) is 33.8 Å². The lowest BCUT2D eigenvalue weighted by molar-refractivity contribution is 0.0600. The van der Waals surface area contributed by atoms with Gasteiger partial charge in [0.05, 0.1) is 18.4 Å². The highest BCUT2D eigenvalue weighted by Gasteiger charge is 2.21. The monoisotopic (exact) mass is 291 g/mol. The maximum absolute atomic E-state index is 11.4. The van der Waals surface area contributed by atoms with Crippen molar-refractivity contribution in [2.45, 2.75) is 32.4 Å². The molecule has 0 bridgehead atoms. The Morgan fingerprint density at radius 3 is 2.67 bits per heavy atom. The van der Waals surface area contributed by atoms with Gasteiger partial charge >= 0.3 is 5.97 Å². The van der Waals surface area contributed by atoms with E-state index in [-0.39, 0.29) is 5.97 Å². The maximum atomic E-state index is 11.4. The van der Waals surface area contributed by atoms with E-state index in [0.29, 0.717) is 11.6 Å². The van der Waals surface area contributed by atoms with Crippen LogP contribution < -0.4 is 0 Å². The molecule has 1 fully saturated rings. The topological polar surface area (TPSA) is 45.7 Å². The lowest BCUT2D eigenvalue weighted by atomic mass is 10.0. The molecule has 1 saturated heterocycles. The van der Waals surface area contributed by atoms with Crippen LogP contribution in [0.5, 0.6) is 0 Å². The molecule has 5 nitrogen and oxygen atoms in total. The lowest BCUT2D eigenvalue weighted by Crippen LogP contribution is -2.43. The molecule has 0 spiro atoms. The number of aromatic nitrogens is 1. The third kappa shape index (κ3) is 4.25. The zero-order valence-corrected chi connectivity index (χ0v) is 13.2. The summed E-state index contributed by atoms with van der Waals surface area (Å²) in [6.07, 6.45) is 4.02. The number of esters is 1. The van der Waals surface area contributed by atoms with Crippen LogP contribution in [0.2, 0.25) is 0 Å². The Labute approximate surface area is 126 Å². The first-order valence-corrected chi connectivity index (χ1v) is 7.60. The summed E-state index contributed by atoms with van der Waals surface area (Å²) in [6, 6.07) is 4.31. The molecule has 116 valence electrons. The summed E-state index contributed by atoms with van der Waals surface area (Å²) in [7, 11) is 3.54. The van der Waals surface area contributed by atoms with E-state index in [9.17, 15) is 4.79 Å². The Bertz CT molecular complexity index is 453. The highest BCUT2D eigenvalue weighted by atomic mass is 16.5. The van der Waals surface area contributed by atoms with Crippen LogP contribution in [0.1, 0.15) is 35.8 Å². The smallest absolute Gasteiger partial charge is 0.339 e. The number of pyridine rings is 1. The van der Waals surface area contributed by atoms with E-state index >= 15 is 0 Å². The molecule has 0 amide bonds. The zero-order valence-electron chi connectivity index (χ0n) is 13.2. The van der Waals surface area contributed by atoms with Crippen LogP contribution >= 0.6 is 0 Å². The molecule has 0 aromatic carbocycles. The summed E-state index contributed by atoms with van der Waals surface area (Å²) in [4.78, 5) is 20.6. The molecular formula is C16H25N3O2. The predicted octanol–water partition coefficient (Wildman–Crippen LogP) is 1.78. The average Bonchev–Trinajstić information content (AvgIpc) is 2.55. The summed E-state index contributed by atoms with van der Waals surface area (Å²) in [5.74, 6) is -0.339. The van der Waals surface area contributed by atoms with Crippen LogP contribution in [0.3, 0.4) is 0 Å². The summed E-state index contributed by atoms with van der Waals surface area (Å²) < 4.78 is 4.68. The summed E-state index contributed by atoms with van der Waals surface area (Å²) >= 11 is 0. The fraction of sp³-hybridized carbons (Fsp3) is 0.625. The minimum absolute atomic E-state index is 0.339. The molecule has 5 heteroatoms. The molecule has 1 aliphatic heterocycles. The Morgan fingerprint density at radius 1 is 1.43 bits per heavy atom. The minimum Gasteiger partial charge on any atom is -0.465 e. The van der Waals surface area contributed by atoms with Gasteiger partial charge in [0.25, 0.3) is 0 Å². The summed E-state index contributed by atoms with van der Waals surface area (Å²) in [5.41, 5.74) is 1.49. The molecule has 2 rings (SSSR count). The van der Waals surface area contributed by atoms with Crippen molar-refractivity contribution in [1.29, 1.82) is 0 Å². The summed E-state index contributed by atoms with van der Waals surface area (Å²) in [5, 5.41) is 0. The van der Waals surface area contributed by atoms with Crippen LogP contribution in [0.4, 0.5) is 0 Å². The van der Waals surface area contributed by atoms with Gasteiger partial charge in [-0.15, -0.1) is 0 Å². The Hall–Kier alpha value is -1.46. The molecule has 1 aromatic heterocycles. The average molecular weight is 291 g/mol. The largest absolute Gasteiger partial charge is 0.465 e. The molecule has 1 aliphatic rings. The van der Waals surface area contributed by atoms with Gasteiger partial charge in [0.1, 0.15) is 0 Å². The second kappa shape index (κ2) is 7.52. The van der Waals surface area contributed by atoms with E-state index in [2.05, 4.69) is 33.5 Å². The van der Waals surface area contributed by atoms with Crippen molar-refractivity contribution < 1.29 is 9.53 Å². The molecule has 0 radical (unpaired) electrons. The molecule has 2 heterocycles. The molecule has 21 heavy (non-hydrogen) atoms. The van der Waals surface area contributed by atoms with Crippen molar-refractivity contribution in [2.24, 2.45) is 0 Å². The van der Waals surface area contributed by atoms with E-state index < -0.39 is 0 Å². The van der Waals surface area contributed by atoms with Crippen molar-refractivity contribution in [3.05, 3.63) is 29.6 Å². The number of hydrogen-bond donors (Lipinski definition) is 0. The first-order chi connectivity index (χ1) is 10.1. The molecular weight excluding hydrogens is 266 g/mol. The van der Waals surface area contributed by atoms with Crippen molar-refractivity contribution in [3.63, 3.8) is 0 Å². The van der Waals surface area contributed by atoms with Gasteiger partial charge in [-0.3, -0.25) is 9.88 Å². The number of piperidine rings is 1. The predicted molar refractivity (Wildman–Crippen MR) is 82.2 cm³/mol. The van der Waals surface area contributed by atoms with Gasteiger partial charge in [0, 0.05) is 18.8 Å².